The molecule has 0 amide bonds. The second-order valence-electron chi connectivity index (χ2n) is 4.32. The van der Waals surface area contributed by atoms with E-state index in [1.165, 1.54) is 4.88 Å². The molecule has 0 bridgehead atoms. The normalized spacial score (nSPS) is 12.1. The Hall–Kier alpha value is -0.690. The summed E-state index contributed by atoms with van der Waals surface area (Å²) in [6.07, 6.45) is 0. The van der Waals surface area contributed by atoms with Crippen LogP contribution < -0.4 is 5.32 Å². The maximum atomic E-state index is 12.2. The molecule has 0 aliphatic rings. The third kappa shape index (κ3) is 4.64. The second-order valence-corrected chi connectivity index (χ2v) is 7.06. The van der Waals surface area contributed by atoms with Crippen molar-refractivity contribution in [3.8, 4) is 0 Å². The molecule has 6 heteroatoms. The van der Waals surface area contributed by atoms with Gasteiger partial charge in [-0.3, -0.25) is 5.32 Å². The highest BCUT2D eigenvalue weighted by molar-refractivity contribution is 9.13. The number of carbonyl (C=O) groups excluding carboxylic acids is 1. The molecule has 1 atom stereocenters. The Morgan fingerprint density at radius 2 is 2.14 bits per heavy atom. The number of thiophene rings is 1. The first-order valence-electron chi connectivity index (χ1n) is 6.49. The topological polar surface area (TPSA) is 38.3 Å². The van der Waals surface area contributed by atoms with Crippen molar-refractivity contribution in [2.24, 2.45) is 0 Å². The van der Waals surface area contributed by atoms with Crippen LogP contribution in [0.5, 0.6) is 0 Å². The van der Waals surface area contributed by atoms with Gasteiger partial charge in [0.1, 0.15) is 6.04 Å². The van der Waals surface area contributed by atoms with Crippen LogP contribution in [0.15, 0.2) is 44.7 Å². The molecule has 1 N–H and O–H groups in total. The van der Waals surface area contributed by atoms with Crippen LogP contribution in [0.25, 0.3) is 0 Å². The number of halogens is 2. The lowest BCUT2D eigenvalue weighted by atomic mass is 10.1. The van der Waals surface area contributed by atoms with E-state index in [4.69, 9.17) is 4.74 Å². The zero-order valence-electron chi connectivity index (χ0n) is 11.4. The van der Waals surface area contributed by atoms with Gasteiger partial charge in [-0.25, -0.2) is 4.79 Å². The molecular formula is C15H15Br2NO2S. The van der Waals surface area contributed by atoms with E-state index in [9.17, 15) is 4.79 Å². The zero-order valence-corrected chi connectivity index (χ0v) is 15.4. The Balaban J connectivity index is 2.18. The fraction of sp³-hybridized carbons (Fsp3) is 0.267. The van der Waals surface area contributed by atoms with Gasteiger partial charge in [0.05, 0.1) is 6.61 Å². The van der Waals surface area contributed by atoms with Gasteiger partial charge in [0.2, 0.25) is 0 Å². The largest absolute Gasteiger partial charge is 0.465 e. The van der Waals surface area contributed by atoms with Crippen molar-refractivity contribution in [2.45, 2.75) is 19.5 Å². The highest BCUT2D eigenvalue weighted by Gasteiger charge is 2.22. The number of hydrogen-bond donors (Lipinski definition) is 1. The van der Waals surface area contributed by atoms with Crippen molar-refractivity contribution in [1.29, 1.82) is 0 Å². The van der Waals surface area contributed by atoms with E-state index >= 15 is 0 Å². The lowest BCUT2D eigenvalue weighted by molar-refractivity contribution is -0.145. The van der Waals surface area contributed by atoms with Gasteiger partial charge < -0.3 is 4.74 Å². The van der Waals surface area contributed by atoms with E-state index in [1.54, 1.807) is 11.3 Å². The highest BCUT2D eigenvalue weighted by Crippen LogP contribution is 2.27. The summed E-state index contributed by atoms with van der Waals surface area (Å²) < 4.78 is 7.03. The monoisotopic (exact) mass is 431 g/mol. The number of hydrogen-bond acceptors (Lipinski definition) is 4. The van der Waals surface area contributed by atoms with Crippen LogP contribution in [0.2, 0.25) is 0 Å². The van der Waals surface area contributed by atoms with E-state index < -0.39 is 6.04 Å². The number of benzene rings is 1. The van der Waals surface area contributed by atoms with E-state index in [1.807, 2.05) is 42.6 Å². The molecule has 0 saturated heterocycles. The van der Waals surface area contributed by atoms with E-state index in [0.717, 1.165) is 14.5 Å². The molecule has 0 radical (unpaired) electrons. The number of nitrogens with one attached hydrogen (secondary N) is 1. The van der Waals surface area contributed by atoms with Gasteiger partial charge >= 0.3 is 5.97 Å². The van der Waals surface area contributed by atoms with Crippen LogP contribution >= 0.6 is 43.2 Å². The molecule has 21 heavy (non-hydrogen) atoms. The standard InChI is InChI=1S/C15H15Br2NO2S/c1-2-20-15(19)14(18-9-11-4-3-7-21-11)10-5-6-12(16)13(17)8-10/h3-8,14,18H,2,9H2,1H3. The number of ether oxygens (including phenoxy) is 1. The molecule has 0 saturated carbocycles. The van der Waals surface area contributed by atoms with Crippen molar-refractivity contribution >= 4 is 49.2 Å². The molecule has 1 heterocycles. The predicted molar refractivity (Wildman–Crippen MR) is 92.4 cm³/mol. The van der Waals surface area contributed by atoms with Crippen LogP contribution in [0, 0.1) is 0 Å². The summed E-state index contributed by atoms with van der Waals surface area (Å²) in [6, 6.07) is 9.31. The molecule has 0 aliphatic heterocycles. The number of rotatable bonds is 6. The van der Waals surface area contributed by atoms with E-state index in [-0.39, 0.29) is 5.97 Å². The molecule has 1 unspecified atom stereocenters. The third-order valence-corrected chi connectivity index (χ3v) is 5.62. The van der Waals surface area contributed by atoms with Crippen LogP contribution in [0.4, 0.5) is 0 Å². The lowest BCUT2D eigenvalue weighted by Crippen LogP contribution is -2.29. The first kappa shape index (κ1) is 16.7. The average Bonchev–Trinajstić information content (AvgIpc) is 2.96. The van der Waals surface area contributed by atoms with Crippen LogP contribution in [-0.2, 0) is 16.1 Å². The van der Waals surface area contributed by atoms with Crippen LogP contribution in [0.1, 0.15) is 23.4 Å². The summed E-state index contributed by atoms with van der Waals surface area (Å²) in [5.74, 6) is -0.261. The molecule has 1 aromatic heterocycles. The van der Waals surface area contributed by atoms with Crippen LogP contribution in [-0.4, -0.2) is 12.6 Å². The minimum Gasteiger partial charge on any atom is -0.465 e. The lowest BCUT2D eigenvalue weighted by Gasteiger charge is -2.18. The predicted octanol–water partition coefficient (Wildman–Crippen LogP) is 4.67. The van der Waals surface area contributed by atoms with Gasteiger partial charge in [-0.1, -0.05) is 12.1 Å². The van der Waals surface area contributed by atoms with Gasteiger partial charge in [0.25, 0.3) is 0 Å². The second kappa shape index (κ2) is 8.08. The average molecular weight is 433 g/mol. The van der Waals surface area contributed by atoms with E-state index in [2.05, 4.69) is 37.2 Å². The van der Waals surface area contributed by atoms with Crippen molar-refractivity contribution in [3.05, 3.63) is 55.1 Å². The number of esters is 1. The Morgan fingerprint density at radius 1 is 1.33 bits per heavy atom. The summed E-state index contributed by atoms with van der Waals surface area (Å²) >= 11 is 8.56. The quantitative estimate of drug-likeness (QED) is 0.674. The first-order chi connectivity index (χ1) is 10.1. The maximum Gasteiger partial charge on any atom is 0.327 e. The van der Waals surface area contributed by atoms with Crippen molar-refractivity contribution in [2.75, 3.05) is 6.61 Å². The van der Waals surface area contributed by atoms with Gasteiger partial charge in [-0.05, 0) is 67.9 Å². The van der Waals surface area contributed by atoms with Crippen LogP contribution in [0.3, 0.4) is 0 Å². The summed E-state index contributed by atoms with van der Waals surface area (Å²) in [6.45, 7) is 2.81. The summed E-state index contributed by atoms with van der Waals surface area (Å²) in [5, 5.41) is 5.29. The van der Waals surface area contributed by atoms with E-state index in [0.29, 0.717) is 13.2 Å². The highest BCUT2D eigenvalue weighted by atomic mass is 79.9. The smallest absolute Gasteiger partial charge is 0.327 e. The fourth-order valence-corrected chi connectivity index (χ4v) is 3.17. The Morgan fingerprint density at radius 3 is 2.76 bits per heavy atom. The molecule has 0 fully saturated rings. The fourth-order valence-electron chi connectivity index (χ4n) is 1.87. The maximum absolute atomic E-state index is 12.2. The van der Waals surface area contributed by atoms with Gasteiger partial charge in [-0.15, -0.1) is 11.3 Å². The van der Waals surface area contributed by atoms with Gasteiger partial charge in [0.15, 0.2) is 0 Å². The molecule has 3 nitrogen and oxygen atoms in total. The molecule has 0 spiro atoms. The van der Waals surface area contributed by atoms with Crippen molar-refractivity contribution in [3.63, 3.8) is 0 Å². The summed E-state index contributed by atoms with van der Waals surface area (Å²) in [7, 11) is 0. The van der Waals surface area contributed by atoms with Gasteiger partial charge in [0, 0.05) is 20.4 Å². The Bertz CT molecular complexity index is 602. The molecule has 1 aromatic carbocycles. The molecular weight excluding hydrogens is 418 g/mol. The summed E-state index contributed by atoms with van der Waals surface area (Å²) in [4.78, 5) is 13.4. The molecule has 0 aliphatic carbocycles. The minimum atomic E-state index is -0.476. The summed E-state index contributed by atoms with van der Waals surface area (Å²) in [5.41, 5.74) is 0.875. The third-order valence-electron chi connectivity index (χ3n) is 2.86. The molecule has 2 aromatic rings. The zero-order chi connectivity index (χ0) is 15.2. The molecule has 112 valence electrons. The molecule has 2 rings (SSSR count). The van der Waals surface area contributed by atoms with Crippen molar-refractivity contribution < 1.29 is 9.53 Å². The SMILES string of the molecule is CCOC(=O)C(NCc1cccs1)c1ccc(Br)c(Br)c1. The Labute approximate surface area is 145 Å². The first-order valence-corrected chi connectivity index (χ1v) is 8.95. The van der Waals surface area contributed by atoms with Crippen molar-refractivity contribution in [1.82, 2.24) is 5.32 Å². The van der Waals surface area contributed by atoms with Gasteiger partial charge in [-0.2, -0.15) is 0 Å². The minimum absolute atomic E-state index is 0.261. The Kier molecular flexibility index (Phi) is 6.41. The number of carbonyl (C=O) groups is 1.